The number of hydrogen-bond donors (Lipinski definition) is 2. The van der Waals surface area contributed by atoms with E-state index in [9.17, 15) is 9.59 Å². The zero-order valence-corrected chi connectivity index (χ0v) is 10.1. The SMILES string of the molecule is Cc1cccc(C(=O)Nc2ncccc2C(=O)O)n1. The summed E-state index contributed by atoms with van der Waals surface area (Å²) >= 11 is 0. The number of nitrogens with one attached hydrogen (secondary N) is 1. The molecule has 0 aliphatic carbocycles. The molecule has 2 rings (SSSR count). The van der Waals surface area contributed by atoms with Crippen molar-refractivity contribution in [1.29, 1.82) is 0 Å². The first-order valence-electron chi connectivity index (χ1n) is 5.51. The van der Waals surface area contributed by atoms with E-state index in [0.717, 1.165) is 0 Å². The maximum absolute atomic E-state index is 11.9. The van der Waals surface area contributed by atoms with Gasteiger partial charge in [-0.1, -0.05) is 6.07 Å². The van der Waals surface area contributed by atoms with Crippen LogP contribution in [0.2, 0.25) is 0 Å². The van der Waals surface area contributed by atoms with Crippen LogP contribution in [0.5, 0.6) is 0 Å². The quantitative estimate of drug-likeness (QED) is 0.873. The van der Waals surface area contributed by atoms with Crippen molar-refractivity contribution < 1.29 is 14.7 Å². The molecule has 0 aromatic carbocycles. The van der Waals surface area contributed by atoms with E-state index in [-0.39, 0.29) is 17.1 Å². The third-order valence-corrected chi connectivity index (χ3v) is 2.39. The third-order valence-electron chi connectivity index (χ3n) is 2.39. The number of nitrogens with zero attached hydrogens (tertiary/aromatic N) is 2. The van der Waals surface area contributed by atoms with E-state index in [1.807, 2.05) is 0 Å². The summed E-state index contributed by atoms with van der Waals surface area (Å²) in [4.78, 5) is 30.8. The molecule has 2 N–H and O–H groups in total. The summed E-state index contributed by atoms with van der Waals surface area (Å²) in [5, 5.41) is 11.4. The van der Waals surface area contributed by atoms with Gasteiger partial charge in [-0.25, -0.2) is 14.8 Å². The number of carboxylic acids is 1. The summed E-state index contributed by atoms with van der Waals surface area (Å²) in [5.74, 6) is -1.64. The minimum absolute atomic E-state index is 0.00306. The first-order valence-corrected chi connectivity index (χ1v) is 5.51. The van der Waals surface area contributed by atoms with E-state index < -0.39 is 11.9 Å². The first kappa shape index (κ1) is 12.7. The van der Waals surface area contributed by atoms with Gasteiger partial charge in [-0.2, -0.15) is 0 Å². The van der Waals surface area contributed by atoms with Crippen LogP contribution in [0.25, 0.3) is 0 Å². The second-order valence-electron chi connectivity index (χ2n) is 3.82. The molecule has 0 aliphatic heterocycles. The Morgan fingerprint density at radius 3 is 2.68 bits per heavy atom. The summed E-state index contributed by atoms with van der Waals surface area (Å²) in [6.07, 6.45) is 1.41. The molecule has 0 saturated heterocycles. The molecule has 0 aliphatic rings. The van der Waals surface area contributed by atoms with Gasteiger partial charge in [0.15, 0.2) is 0 Å². The first-order chi connectivity index (χ1) is 9.08. The molecule has 0 fully saturated rings. The summed E-state index contributed by atoms with van der Waals surface area (Å²) in [6, 6.07) is 7.87. The van der Waals surface area contributed by atoms with Gasteiger partial charge in [0.2, 0.25) is 0 Å². The van der Waals surface area contributed by atoms with Crippen LogP contribution >= 0.6 is 0 Å². The second kappa shape index (κ2) is 5.26. The van der Waals surface area contributed by atoms with Crippen molar-refractivity contribution in [2.75, 3.05) is 5.32 Å². The van der Waals surface area contributed by atoms with Crippen LogP contribution in [0.3, 0.4) is 0 Å². The topological polar surface area (TPSA) is 92.2 Å². The number of carboxylic acid groups (broad SMARTS) is 1. The van der Waals surface area contributed by atoms with Crippen molar-refractivity contribution in [1.82, 2.24) is 9.97 Å². The van der Waals surface area contributed by atoms with Crippen molar-refractivity contribution in [2.24, 2.45) is 0 Å². The van der Waals surface area contributed by atoms with Gasteiger partial charge in [0.25, 0.3) is 5.91 Å². The van der Waals surface area contributed by atoms with E-state index in [1.165, 1.54) is 18.3 Å². The van der Waals surface area contributed by atoms with Crippen LogP contribution in [-0.2, 0) is 0 Å². The normalized spacial score (nSPS) is 9.95. The third kappa shape index (κ3) is 2.92. The molecule has 0 spiro atoms. The molecule has 0 atom stereocenters. The van der Waals surface area contributed by atoms with E-state index >= 15 is 0 Å². The van der Waals surface area contributed by atoms with Crippen molar-refractivity contribution in [3.63, 3.8) is 0 Å². The summed E-state index contributed by atoms with van der Waals surface area (Å²) in [6.45, 7) is 1.76. The number of aromatic nitrogens is 2. The number of aromatic carboxylic acids is 1. The molecule has 6 nitrogen and oxygen atoms in total. The molecule has 0 bridgehead atoms. The Hall–Kier alpha value is -2.76. The number of amides is 1. The Morgan fingerprint density at radius 2 is 2.00 bits per heavy atom. The van der Waals surface area contributed by atoms with Crippen LogP contribution in [-0.4, -0.2) is 27.0 Å². The zero-order valence-electron chi connectivity index (χ0n) is 10.1. The smallest absolute Gasteiger partial charge is 0.339 e. The molecule has 96 valence electrons. The highest BCUT2D eigenvalue weighted by molar-refractivity contribution is 6.05. The minimum atomic E-state index is -1.15. The van der Waals surface area contributed by atoms with Gasteiger partial charge in [0.05, 0.1) is 0 Å². The van der Waals surface area contributed by atoms with Crippen LogP contribution in [0.15, 0.2) is 36.5 Å². The van der Waals surface area contributed by atoms with Gasteiger partial charge < -0.3 is 10.4 Å². The number of carbonyl (C=O) groups is 2. The zero-order chi connectivity index (χ0) is 13.8. The van der Waals surface area contributed by atoms with Crippen LogP contribution < -0.4 is 5.32 Å². The molecule has 2 heterocycles. The van der Waals surface area contributed by atoms with Crippen molar-refractivity contribution >= 4 is 17.7 Å². The number of anilines is 1. The predicted octanol–water partition coefficient (Wildman–Crippen LogP) is 1.74. The van der Waals surface area contributed by atoms with Gasteiger partial charge in [-0.15, -0.1) is 0 Å². The molecular formula is C13H11N3O3. The van der Waals surface area contributed by atoms with Crippen LogP contribution in [0.1, 0.15) is 26.5 Å². The van der Waals surface area contributed by atoms with Crippen LogP contribution in [0, 0.1) is 6.92 Å². The lowest BCUT2D eigenvalue weighted by Crippen LogP contribution is -2.17. The van der Waals surface area contributed by atoms with E-state index in [4.69, 9.17) is 5.11 Å². The molecule has 1 amide bonds. The number of aryl methyl sites for hydroxylation is 1. The Bertz CT molecular complexity index is 641. The summed E-state index contributed by atoms with van der Waals surface area (Å²) in [5.41, 5.74) is 0.845. The van der Waals surface area contributed by atoms with E-state index in [0.29, 0.717) is 5.69 Å². The van der Waals surface area contributed by atoms with Crippen molar-refractivity contribution in [2.45, 2.75) is 6.92 Å². The minimum Gasteiger partial charge on any atom is -0.478 e. The molecular weight excluding hydrogens is 246 g/mol. The highest BCUT2D eigenvalue weighted by Gasteiger charge is 2.14. The highest BCUT2D eigenvalue weighted by atomic mass is 16.4. The fourth-order valence-electron chi connectivity index (χ4n) is 1.52. The molecule has 2 aromatic heterocycles. The average Bonchev–Trinajstić information content (AvgIpc) is 2.39. The summed E-state index contributed by atoms with van der Waals surface area (Å²) < 4.78 is 0. The Kier molecular flexibility index (Phi) is 3.51. The predicted molar refractivity (Wildman–Crippen MR) is 68.1 cm³/mol. The number of carbonyl (C=O) groups excluding carboxylic acids is 1. The number of pyridine rings is 2. The van der Waals surface area contributed by atoms with Crippen molar-refractivity contribution in [3.8, 4) is 0 Å². The van der Waals surface area contributed by atoms with Gasteiger partial charge in [0.1, 0.15) is 17.1 Å². The summed E-state index contributed by atoms with van der Waals surface area (Å²) in [7, 11) is 0. The molecule has 19 heavy (non-hydrogen) atoms. The Balaban J connectivity index is 2.27. The van der Waals surface area contributed by atoms with Gasteiger partial charge in [-0.05, 0) is 31.2 Å². The van der Waals surface area contributed by atoms with Gasteiger partial charge in [-0.3, -0.25) is 4.79 Å². The van der Waals surface area contributed by atoms with Gasteiger partial charge >= 0.3 is 5.97 Å². The largest absolute Gasteiger partial charge is 0.478 e. The Labute approximate surface area is 109 Å². The van der Waals surface area contributed by atoms with E-state index in [2.05, 4.69) is 15.3 Å². The lowest BCUT2D eigenvalue weighted by Gasteiger charge is -2.06. The molecule has 0 saturated carbocycles. The second-order valence-corrected chi connectivity index (χ2v) is 3.82. The maximum Gasteiger partial charge on any atom is 0.339 e. The van der Waals surface area contributed by atoms with Gasteiger partial charge in [0, 0.05) is 11.9 Å². The fourth-order valence-corrected chi connectivity index (χ4v) is 1.52. The lowest BCUT2D eigenvalue weighted by atomic mass is 10.2. The van der Waals surface area contributed by atoms with Crippen molar-refractivity contribution in [3.05, 3.63) is 53.5 Å². The molecule has 2 aromatic rings. The molecule has 0 radical (unpaired) electrons. The Morgan fingerprint density at radius 1 is 1.21 bits per heavy atom. The number of rotatable bonds is 3. The van der Waals surface area contributed by atoms with E-state index in [1.54, 1.807) is 25.1 Å². The maximum atomic E-state index is 11.9. The standard InChI is InChI=1S/C13H11N3O3/c1-8-4-2-6-10(15-8)12(17)16-11-9(13(18)19)5-3-7-14-11/h2-7H,1H3,(H,18,19)(H,14,16,17). The monoisotopic (exact) mass is 257 g/mol. The lowest BCUT2D eigenvalue weighted by molar-refractivity contribution is 0.0697. The number of hydrogen-bond acceptors (Lipinski definition) is 4. The molecule has 0 unspecified atom stereocenters. The fraction of sp³-hybridized carbons (Fsp3) is 0.0769. The van der Waals surface area contributed by atoms with Crippen LogP contribution in [0.4, 0.5) is 5.82 Å². The molecule has 6 heteroatoms. The highest BCUT2D eigenvalue weighted by Crippen LogP contribution is 2.12. The average molecular weight is 257 g/mol.